The predicted molar refractivity (Wildman–Crippen MR) is 66.0 cm³/mol. The van der Waals surface area contributed by atoms with Crippen molar-refractivity contribution in [3.63, 3.8) is 0 Å². The molecule has 0 amide bonds. The zero-order valence-electron chi connectivity index (χ0n) is 10.00. The van der Waals surface area contributed by atoms with Crippen molar-refractivity contribution >= 4 is 0 Å². The first kappa shape index (κ1) is 11.8. The molecule has 0 unspecified atom stereocenters. The van der Waals surface area contributed by atoms with Crippen molar-refractivity contribution < 1.29 is 4.39 Å². The normalized spacial score (nSPS) is 11.8. The van der Waals surface area contributed by atoms with Gasteiger partial charge in [0.1, 0.15) is 11.6 Å². The van der Waals surface area contributed by atoms with Gasteiger partial charge in [0.15, 0.2) is 0 Å². The van der Waals surface area contributed by atoms with Gasteiger partial charge in [0.2, 0.25) is 0 Å². The summed E-state index contributed by atoms with van der Waals surface area (Å²) in [5.74, 6) is 0.519. The smallest absolute Gasteiger partial charge is 0.132 e. The van der Waals surface area contributed by atoms with Gasteiger partial charge in [0.05, 0.1) is 11.9 Å². The van der Waals surface area contributed by atoms with Gasteiger partial charge in [-0.1, -0.05) is 12.1 Å². The summed E-state index contributed by atoms with van der Waals surface area (Å²) >= 11 is 0. The lowest BCUT2D eigenvalue weighted by molar-refractivity contribution is 0.505. The molecule has 1 heterocycles. The standard InChI is InChI=1S/C13H16FN3/c1-13(2,15)7-12-16-8-11(17-12)9-5-3-4-6-10(9)14/h3-6,8H,7,15H2,1-2H3,(H,16,17). The van der Waals surface area contributed by atoms with E-state index in [1.165, 1.54) is 6.07 Å². The highest BCUT2D eigenvalue weighted by Crippen LogP contribution is 2.21. The number of aromatic nitrogens is 2. The summed E-state index contributed by atoms with van der Waals surface area (Å²) in [4.78, 5) is 7.31. The van der Waals surface area contributed by atoms with Crippen molar-refractivity contribution in [2.75, 3.05) is 0 Å². The van der Waals surface area contributed by atoms with Crippen molar-refractivity contribution in [3.05, 3.63) is 42.1 Å². The van der Waals surface area contributed by atoms with Crippen molar-refractivity contribution in [1.82, 2.24) is 9.97 Å². The minimum absolute atomic E-state index is 0.255. The molecule has 0 saturated heterocycles. The monoisotopic (exact) mass is 233 g/mol. The van der Waals surface area contributed by atoms with Gasteiger partial charge in [-0.25, -0.2) is 9.37 Å². The molecular formula is C13H16FN3. The first-order valence-electron chi connectivity index (χ1n) is 5.53. The van der Waals surface area contributed by atoms with E-state index in [1.807, 2.05) is 13.8 Å². The highest BCUT2D eigenvalue weighted by atomic mass is 19.1. The van der Waals surface area contributed by atoms with Crippen molar-refractivity contribution in [2.45, 2.75) is 25.8 Å². The van der Waals surface area contributed by atoms with Gasteiger partial charge in [-0.05, 0) is 26.0 Å². The highest BCUT2D eigenvalue weighted by Gasteiger charge is 2.15. The Kier molecular flexibility index (Phi) is 2.98. The molecule has 1 aromatic carbocycles. The molecule has 0 fully saturated rings. The second kappa shape index (κ2) is 4.30. The largest absolute Gasteiger partial charge is 0.342 e. The quantitative estimate of drug-likeness (QED) is 0.855. The van der Waals surface area contributed by atoms with Crippen LogP contribution >= 0.6 is 0 Å². The number of rotatable bonds is 3. The molecule has 0 aliphatic rings. The minimum atomic E-state index is -0.329. The molecule has 90 valence electrons. The van der Waals surface area contributed by atoms with Crippen LogP contribution in [0.2, 0.25) is 0 Å². The van der Waals surface area contributed by atoms with Crippen molar-refractivity contribution in [1.29, 1.82) is 0 Å². The summed E-state index contributed by atoms with van der Waals surface area (Å²) in [6, 6.07) is 6.62. The predicted octanol–water partition coefficient (Wildman–Crippen LogP) is 2.50. The molecule has 0 spiro atoms. The van der Waals surface area contributed by atoms with Crippen molar-refractivity contribution in [2.24, 2.45) is 5.73 Å². The van der Waals surface area contributed by atoms with Crippen LogP contribution in [0.1, 0.15) is 19.7 Å². The lowest BCUT2D eigenvalue weighted by Gasteiger charge is -2.15. The lowest BCUT2D eigenvalue weighted by Crippen LogP contribution is -2.34. The Morgan fingerprint density at radius 3 is 2.71 bits per heavy atom. The molecule has 0 bridgehead atoms. The maximum Gasteiger partial charge on any atom is 0.132 e. The van der Waals surface area contributed by atoms with E-state index in [0.717, 1.165) is 5.82 Å². The van der Waals surface area contributed by atoms with Gasteiger partial charge in [0.25, 0.3) is 0 Å². The molecule has 0 atom stereocenters. The zero-order valence-corrected chi connectivity index (χ0v) is 10.00. The Labute approximate surface area is 99.9 Å². The van der Waals surface area contributed by atoms with E-state index in [1.54, 1.807) is 24.4 Å². The third-order valence-corrected chi connectivity index (χ3v) is 2.42. The maximum absolute atomic E-state index is 13.6. The van der Waals surface area contributed by atoms with Crippen LogP contribution in [-0.4, -0.2) is 15.5 Å². The lowest BCUT2D eigenvalue weighted by atomic mass is 10.0. The van der Waals surface area contributed by atoms with Crippen LogP contribution < -0.4 is 5.73 Å². The van der Waals surface area contributed by atoms with Gasteiger partial charge >= 0.3 is 0 Å². The summed E-state index contributed by atoms with van der Waals surface area (Å²) < 4.78 is 13.6. The van der Waals surface area contributed by atoms with Gasteiger partial charge in [-0.15, -0.1) is 0 Å². The molecule has 4 heteroatoms. The number of aromatic amines is 1. The topological polar surface area (TPSA) is 54.7 Å². The maximum atomic E-state index is 13.6. The van der Waals surface area contributed by atoms with Crippen LogP contribution in [0, 0.1) is 5.82 Å². The molecule has 0 aliphatic carbocycles. The molecule has 0 aliphatic heterocycles. The van der Waals surface area contributed by atoms with E-state index in [0.29, 0.717) is 17.7 Å². The molecular weight excluding hydrogens is 217 g/mol. The van der Waals surface area contributed by atoms with Crippen LogP contribution in [0.25, 0.3) is 11.3 Å². The van der Waals surface area contributed by atoms with E-state index in [-0.39, 0.29) is 11.4 Å². The third-order valence-electron chi connectivity index (χ3n) is 2.42. The van der Waals surface area contributed by atoms with E-state index < -0.39 is 0 Å². The average Bonchev–Trinajstić information content (AvgIpc) is 2.64. The molecule has 0 saturated carbocycles. The molecule has 17 heavy (non-hydrogen) atoms. The first-order valence-corrected chi connectivity index (χ1v) is 5.53. The van der Waals surface area contributed by atoms with E-state index in [4.69, 9.17) is 5.73 Å². The van der Waals surface area contributed by atoms with Gasteiger partial charge < -0.3 is 10.7 Å². The van der Waals surface area contributed by atoms with E-state index >= 15 is 0 Å². The minimum Gasteiger partial charge on any atom is -0.342 e. The number of hydrogen-bond donors (Lipinski definition) is 2. The molecule has 3 N–H and O–H groups in total. The van der Waals surface area contributed by atoms with E-state index in [9.17, 15) is 4.39 Å². The fourth-order valence-electron chi connectivity index (χ4n) is 1.70. The number of halogens is 1. The van der Waals surface area contributed by atoms with Crippen LogP contribution in [0.4, 0.5) is 4.39 Å². The summed E-state index contributed by atoms with van der Waals surface area (Å²) in [5.41, 5.74) is 6.79. The fourth-order valence-corrected chi connectivity index (χ4v) is 1.70. The summed E-state index contributed by atoms with van der Waals surface area (Å²) in [7, 11) is 0. The second-order valence-electron chi connectivity index (χ2n) is 4.89. The molecule has 1 aromatic heterocycles. The number of nitrogens with zero attached hydrogens (tertiary/aromatic N) is 1. The summed E-state index contributed by atoms with van der Waals surface area (Å²) in [6.07, 6.45) is 2.26. The SMILES string of the molecule is CC(C)(N)Cc1ncc(-c2ccccc2F)[nH]1. The average molecular weight is 233 g/mol. The Balaban J connectivity index is 2.28. The second-order valence-corrected chi connectivity index (χ2v) is 4.89. The van der Waals surface area contributed by atoms with Gasteiger partial charge in [-0.3, -0.25) is 0 Å². The Morgan fingerprint density at radius 1 is 1.35 bits per heavy atom. The number of benzene rings is 1. The number of hydrogen-bond acceptors (Lipinski definition) is 2. The Bertz CT molecular complexity index is 511. The third kappa shape index (κ3) is 2.91. The zero-order chi connectivity index (χ0) is 12.5. The van der Waals surface area contributed by atoms with Crippen LogP contribution in [0.15, 0.2) is 30.5 Å². The first-order chi connectivity index (χ1) is 7.96. The van der Waals surface area contributed by atoms with E-state index in [2.05, 4.69) is 9.97 Å². The number of imidazole rings is 1. The molecule has 0 radical (unpaired) electrons. The Hall–Kier alpha value is -1.68. The summed E-state index contributed by atoms with van der Waals surface area (Å²) in [6.45, 7) is 3.86. The number of nitrogens with one attached hydrogen (secondary N) is 1. The molecule has 3 nitrogen and oxygen atoms in total. The molecule has 2 aromatic rings. The fraction of sp³-hybridized carbons (Fsp3) is 0.308. The highest BCUT2D eigenvalue weighted by molar-refractivity contribution is 5.59. The summed E-state index contributed by atoms with van der Waals surface area (Å²) in [5, 5.41) is 0. The van der Waals surface area contributed by atoms with Gasteiger partial charge in [0, 0.05) is 17.5 Å². The van der Waals surface area contributed by atoms with Crippen molar-refractivity contribution in [3.8, 4) is 11.3 Å². The van der Waals surface area contributed by atoms with Crippen LogP contribution in [0.5, 0.6) is 0 Å². The molecule has 2 rings (SSSR count). The number of nitrogens with two attached hydrogens (primary N) is 1. The Morgan fingerprint density at radius 2 is 2.06 bits per heavy atom. The van der Waals surface area contributed by atoms with Crippen LogP contribution in [-0.2, 0) is 6.42 Å². The number of H-pyrrole nitrogens is 1. The van der Waals surface area contributed by atoms with Gasteiger partial charge in [-0.2, -0.15) is 0 Å². The van der Waals surface area contributed by atoms with Crippen LogP contribution in [0.3, 0.4) is 0 Å².